The van der Waals surface area contributed by atoms with Gasteiger partial charge in [-0.3, -0.25) is 0 Å². The second-order valence-corrected chi connectivity index (χ2v) is 5.85. The van der Waals surface area contributed by atoms with Gasteiger partial charge in [-0.1, -0.05) is 30.7 Å². The topological polar surface area (TPSA) is 35.5 Å². The van der Waals surface area contributed by atoms with E-state index in [1.807, 2.05) is 28.1 Å². The zero-order chi connectivity index (χ0) is 12.6. The van der Waals surface area contributed by atoms with Gasteiger partial charge in [0.1, 0.15) is 6.61 Å². The number of hydrogen-bond donors (Lipinski definition) is 0. The predicted octanol–water partition coefficient (Wildman–Crippen LogP) is 3.31. The van der Waals surface area contributed by atoms with Gasteiger partial charge < -0.3 is 4.48 Å². The van der Waals surface area contributed by atoms with Gasteiger partial charge in [-0.05, 0) is 6.42 Å². The van der Waals surface area contributed by atoms with Crippen molar-refractivity contribution < 1.29 is 18.1 Å². The third kappa shape index (κ3) is 8.17. The predicted molar refractivity (Wildman–Crippen MR) is 66.3 cm³/mol. The third-order valence-electron chi connectivity index (χ3n) is 2.52. The van der Waals surface area contributed by atoms with Gasteiger partial charge in [0, 0.05) is 11.5 Å². The van der Waals surface area contributed by atoms with Crippen molar-refractivity contribution in [3.8, 4) is 0 Å². The first-order valence-corrected chi connectivity index (χ1v) is 7.05. The van der Waals surface area contributed by atoms with E-state index < -0.39 is 8.25 Å². The molecule has 0 N–H and O–H groups in total. The second kappa shape index (κ2) is 8.13. The molecule has 0 aliphatic heterocycles. The first-order chi connectivity index (χ1) is 7.38. The normalized spacial score (nSPS) is 14.9. The molecule has 2 unspecified atom stereocenters. The van der Waals surface area contributed by atoms with Crippen molar-refractivity contribution in [1.82, 2.24) is 0 Å². The molecule has 0 heterocycles. The minimum atomic E-state index is -1.97. The van der Waals surface area contributed by atoms with E-state index in [-0.39, 0.29) is 6.23 Å². The first-order valence-electron chi connectivity index (χ1n) is 5.96. The van der Waals surface area contributed by atoms with Gasteiger partial charge >= 0.3 is 8.25 Å². The van der Waals surface area contributed by atoms with Crippen LogP contribution in [0.25, 0.3) is 0 Å². The maximum atomic E-state index is 11.4. The van der Waals surface area contributed by atoms with E-state index in [1.54, 1.807) is 0 Å². The van der Waals surface area contributed by atoms with Crippen LogP contribution in [0, 0.1) is 0 Å². The lowest BCUT2D eigenvalue weighted by molar-refractivity contribution is -0.913. The van der Waals surface area contributed by atoms with Gasteiger partial charge in [-0.25, -0.2) is 0 Å². The van der Waals surface area contributed by atoms with E-state index in [0.717, 1.165) is 12.8 Å². The first kappa shape index (κ1) is 16.0. The Kier molecular flexibility index (Phi) is 8.12. The average Bonchev–Trinajstić information content (AvgIpc) is 2.16. The lowest BCUT2D eigenvalue weighted by atomic mass is 10.2. The molecular weight excluding hydrogens is 225 g/mol. The van der Waals surface area contributed by atoms with Gasteiger partial charge in [0.15, 0.2) is 0 Å². The summed E-state index contributed by atoms with van der Waals surface area (Å²) < 4.78 is 22.4. The minimum Gasteiger partial charge on any atom is -0.303 e. The monoisotopic (exact) mass is 251 g/mol. The van der Waals surface area contributed by atoms with Crippen LogP contribution in [0.4, 0.5) is 0 Å². The molecular formula is C11H26NO3P+2. The van der Waals surface area contributed by atoms with E-state index in [1.165, 1.54) is 12.8 Å². The fourth-order valence-corrected chi connectivity index (χ4v) is 1.84. The summed E-state index contributed by atoms with van der Waals surface area (Å²) in [7, 11) is 4.01. The highest BCUT2D eigenvalue weighted by Gasteiger charge is 2.32. The van der Waals surface area contributed by atoms with E-state index in [2.05, 4.69) is 6.92 Å². The Labute approximate surface area is 100 Å². The van der Waals surface area contributed by atoms with Crippen LogP contribution in [-0.2, 0) is 13.6 Å². The number of quaternary nitrogens is 1. The van der Waals surface area contributed by atoms with Crippen LogP contribution >= 0.6 is 8.25 Å². The van der Waals surface area contributed by atoms with E-state index in [4.69, 9.17) is 9.05 Å². The SMILES string of the molecule is CCCCCCO[P+](=O)OC(C)[N+](C)(C)C. The smallest absolute Gasteiger partial charge is 0.303 e. The lowest BCUT2D eigenvalue weighted by Gasteiger charge is -2.26. The Hall–Kier alpha value is -0.0200. The molecule has 0 aromatic rings. The standard InChI is InChI=1S/C11H26NO3P/c1-6-7-8-9-10-14-16(13)15-11(2)12(3,4)5/h11H,6-10H2,1-5H3/q+2. The highest BCUT2D eigenvalue weighted by Crippen LogP contribution is 2.28. The molecule has 0 bridgehead atoms. The van der Waals surface area contributed by atoms with E-state index >= 15 is 0 Å². The van der Waals surface area contributed by atoms with Crippen molar-refractivity contribution in [3.05, 3.63) is 0 Å². The minimum absolute atomic E-state index is 0.126. The van der Waals surface area contributed by atoms with E-state index in [0.29, 0.717) is 11.1 Å². The van der Waals surface area contributed by atoms with Crippen molar-refractivity contribution in [2.45, 2.75) is 45.8 Å². The Balaban J connectivity index is 3.59. The molecule has 0 spiro atoms. The summed E-state index contributed by atoms with van der Waals surface area (Å²) >= 11 is 0. The molecule has 4 nitrogen and oxygen atoms in total. The molecule has 0 radical (unpaired) electrons. The largest absolute Gasteiger partial charge is 0.703 e. The summed E-state index contributed by atoms with van der Waals surface area (Å²) in [6.07, 6.45) is 4.36. The molecule has 0 aromatic heterocycles. The molecule has 0 saturated heterocycles. The molecule has 2 atom stereocenters. The summed E-state index contributed by atoms with van der Waals surface area (Å²) in [6.45, 7) is 4.58. The molecule has 0 amide bonds. The van der Waals surface area contributed by atoms with Crippen LogP contribution in [0.2, 0.25) is 0 Å². The summed E-state index contributed by atoms with van der Waals surface area (Å²) in [6, 6.07) is 0. The summed E-state index contributed by atoms with van der Waals surface area (Å²) in [5, 5.41) is 0. The quantitative estimate of drug-likeness (QED) is 0.273. The van der Waals surface area contributed by atoms with Crippen LogP contribution in [-0.4, -0.2) is 38.5 Å². The van der Waals surface area contributed by atoms with Gasteiger partial charge in [-0.15, -0.1) is 4.52 Å². The van der Waals surface area contributed by atoms with Gasteiger partial charge in [0.2, 0.25) is 6.23 Å². The van der Waals surface area contributed by atoms with Crippen LogP contribution in [0.15, 0.2) is 0 Å². The third-order valence-corrected chi connectivity index (χ3v) is 3.39. The molecule has 0 fully saturated rings. The maximum absolute atomic E-state index is 11.4. The molecule has 16 heavy (non-hydrogen) atoms. The zero-order valence-electron chi connectivity index (χ0n) is 11.2. The average molecular weight is 251 g/mol. The molecule has 0 aliphatic carbocycles. The Morgan fingerprint density at radius 1 is 1.19 bits per heavy atom. The second-order valence-electron chi connectivity index (χ2n) is 4.94. The van der Waals surface area contributed by atoms with Crippen molar-refractivity contribution in [1.29, 1.82) is 0 Å². The zero-order valence-corrected chi connectivity index (χ0v) is 12.1. The number of hydrogen-bond acceptors (Lipinski definition) is 3. The van der Waals surface area contributed by atoms with Gasteiger partial charge in [0.05, 0.1) is 21.1 Å². The van der Waals surface area contributed by atoms with Crippen molar-refractivity contribution in [3.63, 3.8) is 0 Å². The fourth-order valence-electron chi connectivity index (χ4n) is 0.964. The van der Waals surface area contributed by atoms with Crippen LogP contribution in [0.5, 0.6) is 0 Å². The highest BCUT2D eigenvalue weighted by atomic mass is 31.1. The van der Waals surface area contributed by atoms with Crippen molar-refractivity contribution in [2.24, 2.45) is 0 Å². The molecule has 0 aliphatic rings. The molecule has 0 rings (SSSR count). The molecule has 5 heteroatoms. The van der Waals surface area contributed by atoms with Crippen LogP contribution in [0.3, 0.4) is 0 Å². The number of nitrogens with zero attached hydrogens (tertiary/aromatic N) is 1. The molecule has 96 valence electrons. The summed E-state index contributed by atoms with van der Waals surface area (Å²) in [4.78, 5) is 0. The fraction of sp³-hybridized carbons (Fsp3) is 1.00. The number of rotatable bonds is 9. The Morgan fingerprint density at radius 2 is 1.81 bits per heavy atom. The highest BCUT2D eigenvalue weighted by molar-refractivity contribution is 7.33. The van der Waals surface area contributed by atoms with Gasteiger partial charge in [0.25, 0.3) is 0 Å². The Morgan fingerprint density at radius 3 is 2.31 bits per heavy atom. The van der Waals surface area contributed by atoms with Gasteiger partial charge in [-0.2, -0.15) is 0 Å². The van der Waals surface area contributed by atoms with Crippen molar-refractivity contribution >= 4 is 8.25 Å². The van der Waals surface area contributed by atoms with Crippen molar-refractivity contribution in [2.75, 3.05) is 27.7 Å². The number of unbranched alkanes of at least 4 members (excludes halogenated alkanes) is 3. The van der Waals surface area contributed by atoms with Crippen LogP contribution < -0.4 is 0 Å². The molecule has 0 aromatic carbocycles. The Bertz CT molecular complexity index is 204. The maximum Gasteiger partial charge on any atom is 0.703 e. The lowest BCUT2D eigenvalue weighted by Crippen LogP contribution is -2.43. The summed E-state index contributed by atoms with van der Waals surface area (Å²) in [5.74, 6) is 0. The van der Waals surface area contributed by atoms with Crippen LogP contribution in [0.1, 0.15) is 39.5 Å². The summed E-state index contributed by atoms with van der Waals surface area (Å²) in [5.41, 5.74) is 0. The van der Waals surface area contributed by atoms with E-state index in [9.17, 15) is 4.57 Å². The molecule has 0 saturated carbocycles.